The van der Waals surface area contributed by atoms with E-state index in [0.29, 0.717) is 6.10 Å². The highest BCUT2D eigenvalue weighted by Gasteiger charge is 2.28. The van der Waals surface area contributed by atoms with E-state index in [1.807, 2.05) is 43.5 Å². The van der Waals surface area contributed by atoms with Crippen molar-refractivity contribution in [3.8, 4) is 5.75 Å². The van der Waals surface area contributed by atoms with Gasteiger partial charge in [0.2, 0.25) is 0 Å². The summed E-state index contributed by atoms with van der Waals surface area (Å²) in [5.41, 5.74) is 1.17. The fraction of sp³-hybridized carbons (Fsp3) is 0.357. The number of H-pyrrole nitrogens is 1. The lowest BCUT2D eigenvalue weighted by Crippen LogP contribution is -2.53. The Bertz CT molecular complexity index is 503. The van der Waals surface area contributed by atoms with Crippen LogP contribution < -0.4 is 4.74 Å². The van der Waals surface area contributed by atoms with Gasteiger partial charge in [-0.2, -0.15) is 0 Å². The van der Waals surface area contributed by atoms with E-state index in [2.05, 4.69) is 14.9 Å². The summed E-state index contributed by atoms with van der Waals surface area (Å²) < 4.78 is 5.86. The van der Waals surface area contributed by atoms with Gasteiger partial charge in [-0.1, -0.05) is 18.2 Å². The number of nitrogens with one attached hydrogen (secondary N) is 1. The third kappa shape index (κ3) is 2.54. The second-order valence-corrected chi connectivity index (χ2v) is 4.74. The Labute approximate surface area is 107 Å². The summed E-state index contributed by atoms with van der Waals surface area (Å²) in [6.07, 6.45) is 2.22. The van der Waals surface area contributed by atoms with Gasteiger partial charge in [0.1, 0.15) is 17.7 Å². The molecule has 0 saturated carbocycles. The lowest BCUT2D eigenvalue weighted by atomic mass is 10.1. The fourth-order valence-corrected chi connectivity index (χ4v) is 2.21. The Morgan fingerprint density at radius 3 is 2.78 bits per heavy atom. The summed E-state index contributed by atoms with van der Waals surface area (Å²) in [5, 5.41) is 0. The lowest BCUT2D eigenvalue weighted by molar-refractivity contribution is 0.0139. The smallest absolute Gasteiger partial charge is 0.124 e. The molecule has 0 radical (unpaired) electrons. The van der Waals surface area contributed by atoms with E-state index >= 15 is 0 Å². The molecular formula is C14H17N3O. The number of likely N-dealkylation sites (tertiary alicyclic amines) is 1. The minimum absolute atomic E-state index is 0.316. The molecule has 0 atom stereocenters. The van der Waals surface area contributed by atoms with Crippen LogP contribution in [0.3, 0.4) is 0 Å². The largest absolute Gasteiger partial charge is 0.488 e. The normalized spacial score (nSPS) is 16.5. The Kier molecular flexibility index (Phi) is 3.02. The molecule has 2 aromatic rings. The highest BCUT2D eigenvalue weighted by Crippen LogP contribution is 2.18. The quantitative estimate of drug-likeness (QED) is 0.892. The SMILES string of the molecule is Cc1ncc(CN2CC(Oc3ccccc3)C2)[nH]1. The predicted octanol–water partition coefficient (Wildman–Crippen LogP) is 1.98. The molecule has 1 aliphatic heterocycles. The molecule has 94 valence electrons. The lowest BCUT2D eigenvalue weighted by Gasteiger charge is -2.38. The molecule has 3 rings (SSSR count). The molecule has 1 aromatic carbocycles. The number of imidazole rings is 1. The molecule has 18 heavy (non-hydrogen) atoms. The average molecular weight is 243 g/mol. The zero-order valence-corrected chi connectivity index (χ0v) is 10.5. The molecule has 0 unspecified atom stereocenters. The molecule has 0 spiro atoms. The highest BCUT2D eigenvalue weighted by molar-refractivity contribution is 5.21. The Morgan fingerprint density at radius 1 is 1.33 bits per heavy atom. The van der Waals surface area contributed by atoms with Crippen LogP contribution in [0.4, 0.5) is 0 Å². The van der Waals surface area contributed by atoms with Crippen molar-refractivity contribution in [3.05, 3.63) is 48.0 Å². The van der Waals surface area contributed by atoms with Crippen molar-refractivity contribution in [3.63, 3.8) is 0 Å². The topological polar surface area (TPSA) is 41.2 Å². The number of hydrogen-bond acceptors (Lipinski definition) is 3. The summed E-state index contributed by atoms with van der Waals surface area (Å²) in [6, 6.07) is 10.0. The number of aryl methyl sites for hydroxylation is 1. The summed E-state index contributed by atoms with van der Waals surface area (Å²) in [4.78, 5) is 9.80. The fourth-order valence-electron chi connectivity index (χ4n) is 2.21. The molecule has 2 heterocycles. The minimum atomic E-state index is 0.316. The van der Waals surface area contributed by atoms with Crippen LogP contribution in [0.25, 0.3) is 0 Å². The van der Waals surface area contributed by atoms with Gasteiger partial charge in [0.05, 0.1) is 0 Å². The van der Waals surface area contributed by atoms with E-state index < -0.39 is 0 Å². The van der Waals surface area contributed by atoms with Crippen LogP contribution in [0.1, 0.15) is 11.5 Å². The summed E-state index contributed by atoms with van der Waals surface area (Å²) in [6.45, 7) is 4.86. The number of ether oxygens (including phenoxy) is 1. The number of para-hydroxylation sites is 1. The second kappa shape index (κ2) is 4.82. The summed E-state index contributed by atoms with van der Waals surface area (Å²) >= 11 is 0. The van der Waals surface area contributed by atoms with Crippen LogP contribution in [-0.4, -0.2) is 34.1 Å². The first-order chi connectivity index (χ1) is 8.79. The van der Waals surface area contributed by atoms with Gasteiger partial charge in [-0.15, -0.1) is 0 Å². The average Bonchev–Trinajstić information content (AvgIpc) is 2.73. The van der Waals surface area contributed by atoms with Crippen molar-refractivity contribution in [2.24, 2.45) is 0 Å². The standard InChI is InChI=1S/C14H17N3O/c1-11-15-7-12(16-11)8-17-9-14(10-17)18-13-5-3-2-4-6-13/h2-7,14H,8-10H2,1H3,(H,15,16). The molecule has 1 aliphatic rings. The third-order valence-corrected chi connectivity index (χ3v) is 3.12. The van der Waals surface area contributed by atoms with Crippen molar-refractivity contribution in [2.75, 3.05) is 13.1 Å². The monoisotopic (exact) mass is 243 g/mol. The third-order valence-electron chi connectivity index (χ3n) is 3.12. The van der Waals surface area contributed by atoms with Gasteiger partial charge in [-0.05, 0) is 19.1 Å². The van der Waals surface area contributed by atoms with Crippen LogP contribution >= 0.6 is 0 Å². The summed E-state index contributed by atoms with van der Waals surface area (Å²) in [7, 11) is 0. The zero-order valence-electron chi connectivity index (χ0n) is 10.5. The first kappa shape index (κ1) is 11.3. The van der Waals surface area contributed by atoms with Gasteiger partial charge in [0, 0.05) is 31.5 Å². The zero-order chi connectivity index (χ0) is 12.4. The van der Waals surface area contributed by atoms with Gasteiger partial charge in [-0.3, -0.25) is 4.90 Å². The maximum Gasteiger partial charge on any atom is 0.124 e. The van der Waals surface area contributed by atoms with Gasteiger partial charge in [-0.25, -0.2) is 4.98 Å². The number of aromatic amines is 1. The number of benzene rings is 1. The van der Waals surface area contributed by atoms with Crippen LogP contribution in [0.2, 0.25) is 0 Å². The molecule has 0 amide bonds. The second-order valence-electron chi connectivity index (χ2n) is 4.74. The maximum absolute atomic E-state index is 5.86. The first-order valence-electron chi connectivity index (χ1n) is 6.24. The summed E-state index contributed by atoms with van der Waals surface area (Å²) in [5.74, 6) is 1.93. The van der Waals surface area contributed by atoms with Crippen molar-refractivity contribution in [2.45, 2.75) is 19.6 Å². The van der Waals surface area contributed by atoms with E-state index in [1.165, 1.54) is 5.69 Å². The molecule has 4 nitrogen and oxygen atoms in total. The molecule has 1 saturated heterocycles. The van der Waals surface area contributed by atoms with Crippen LogP contribution in [0.15, 0.2) is 36.5 Å². The van der Waals surface area contributed by atoms with Crippen LogP contribution in [0.5, 0.6) is 5.75 Å². The van der Waals surface area contributed by atoms with Crippen molar-refractivity contribution in [1.82, 2.24) is 14.9 Å². The van der Waals surface area contributed by atoms with Crippen LogP contribution in [0, 0.1) is 6.92 Å². The van der Waals surface area contributed by atoms with Gasteiger partial charge >= 0.3 is 0 Å². The van der Waals surface area contributed by atoms with Crippen molar-refractivity contribution in [1.29, 1.82) is 0 Å². The Hall–Kier alpha value is -1.81. The Morgan fingerprint density at radius 2 is 2.11 bits per heavy atom. The molecule has 4 heteroatoms. The highest BCUT2D eigenvalue weighted by atomic mass is 16.5. The predicted molar refractivity (Wildman–Crippen MR) is 69.5 cm³/mol. The van der Waals surface area contributed by atoms with Crippen LogP contribution in [-0.2, 0) is 6.54 Å². The van der Waals surface area contributed by atoms with E-state index in [-0.39, 0.29) is 0 Å². The van der Waals surface area contributed by atoms with Crippen molar-refractivity contribution >= 4 is 0 Å². The molecule has 1 N–H and O–H groups in total. The number of nitrogens with zero attached hydrogens (tertiary/aromatic N) is 2. The van der Waals surface area contributed by atoms with E-state index in [1.54, 1.807) is 0 Å². The number of aromatic nitrogens is 2. The van der Waals surface area contributed by atoms with E-state index in [0.717, 1.165) is 31.2 Å². The van der Waals surface area contributed by atoms with Gasteiger partial charge in [0.15, 0.2) is 0 Å². The van der Waals surface area contributed by atoms with E-state index in [4.69, 9.17) is 4.74 Å². The van der Waals surface area contributed by atoms with E-state index in [9.17, 15) is 0 Å². The molecule has 0 bridgehead atoms. The van der Waals surface area contributed by atoms with Crippen molar-refractivity contribution < 1.29 is 4.74 Å². The molecule has 0 aliphatic carbocycles. The van der Waals surface area contributed by atoms with Gasteiger partial charge < -0.3 is 9.72 Å². The number of rotatable bonds is 4. The molecular weight excluding hydrogens is 226 g/mol. The Balaban J connectivity index is 1.46. The van der Waals surface area contributed by atoms with Gasteiger partial charge in [0.25, 0.3) is 0 Å². The maximum atomic E-state index is 5.86. The number of hydrogen-bond donors (Lipinski definition) is 1. The molecule has 1 fully saturated rings. The molecule has 1 aromatic heterocycles. The minimum Gasteiger partial charge on any atom is -0.488 e. The first-order valence-corrected chi connectivity index (χ1v) is 6.24.